The van der Waals surface area contributed by atoms with Crippen molar-refractivity contribution in [3.8, 4) is 0 Å². The molecule has 1 heterocycles. The molecular weight excluding hydrogens is 427 g/mol. The number of hydrogen-bond donors (Lipinski definition) is 3. The third-order valence-electron chi connectivity index (χ3n) is 5.10. The summed E-state index contributed by atoms with van der Waals surface area (Å²) in [4.78, 5) is 20.7. The van der Waals surface area contributed by atoms with E-state index in [9.17, 15) is 4.79 Å². The SMILES string of the molecule is Cl.Cl.NC1CCC(NC(=O)c2ccccc2CSc2nc3ccccc3[nH]2)CC1. The monoisotopic (exact) mass is 452 g/mol. The van der Waals surface area contributed by atoms with Crippen LogP contribution in [0, 0.1) is 0 Å². The molecule has 2 aromatic carbocycles. The number of aromatic amines is 1. The number of amides is 1. The molecule has 1 aromatic heterocycles. The van der Waals surface area contributed by atoms with Gasteiger partial charge < -0.3 is 16.0 Å². The number of fused-ring (bicyclic) bond motifs is 1. The Bertz CT molecular complexity index is 908. The van der Waals surface area contributed by atoms with Gasteiger partial charge in [-0.2, -0.15) is 0 Å². The van der Waals surface area contributed by atoms with Gasteiger partial charge in [-0.25, -0.2) is 4.98 Å². The highest BCUT2D eigenvalue weighted by Gasteiger charge is 2.21. The van der Waals surface area contributed by atoms with Crippen molar-refractivity contribution in [3.63, 3.8) is 0 Å². The van der Waals surface area contributed by atoms with E-state index in [0.29, 0.717) is 5.75 Å². The van der Waals surface area contributed by atoms with Crippen molar-refractivity contribution in [2.75, 3.05) is 0 Å². The summed E-state index contributed by atoms with van der Waals surface area (Å²) in [6.45, 7) is 0. The van der Waals surface area contributed by atoms with E-state index in [2.05, 4.69) is 15.3 Å². The predicted octanol–water partition coefficient (Wildman–Crippen LogP) is 4.70. The molecule has 3 aromatic rings. The van der Waals surface area contributed by atoms with Crippen molar-refractivity contribution >= 4 is 53.5 Å². The maximum absolute atomic E-state index is 12.8. The Morgan fingerprint density at radius 2 is 1.76 bits per heavy atom. The fourth-order valence-electron chi connectivity index (χ4n) is 3.54. The number of aromatic nitrogens is 2. The van der Waals surface area contributed by atoms with Crippen molar-refractivity contribution in [1.82, 2.24) is 15.3 Å². The van der Waals surface area contributed by atoms with Gasteiger partial charge >= 0.3 is 0 Å². The van der Waals surface area contributed by atoms with Crippen LogP contribution in [-0.4, -0.2) is 28.0 Å². The minimum Gasteiger partial charge on any atom is -0.349 e. The number of hydrogen-bond acceptors (Lipinski definition) is 4. The summed E-state index contributed by atoms with van der Waals surface area (Å²) in [6.07, 6.45) is 3.88. The van der Waals surface area contributed by atoms with E-state index >= 15 is 0 Å². The molecule has 4 rings (SSSR count). The Labute approximate surface area is 187 Å². The van der Waals surface area contributed by atoms with E-state index in [1.54, 1.807) is 11.8 Å². The van der Waals surface area contributed by atoms with Crippen LogP contribution in [0.2, 0.25) is 0 Å². The molecule has 0 spiro atoms. The standard InChI is InChI=1S/C21H24N4OS.2ClH/c22-15-9-11-16(12-10-15)23-20(26)17-6-2-1-5-14(17)13-27-21-24-18-7-3-4-8-19(18)25-21;;/h1-8,15-16H,9-13,22H2,(H,23,26)(H,24,25);2*1H. The van der Waals surface area contributed by atoms with E-state index in [0.717, 1.165) is 53.0 Å². The summed E-state index contributed by atoms with van der Waals surface area (Å²) in [7, 11) is 0. The lowest BCUT2D eigenvalue weighted by molar-refractivity contribution is 0.0925. The Kier molecular flexibility index (Phi) is 8.83. The molecule has 0 radical (unpaired) electrons. The molecule has 0 bridgehead atoms. The zero-order valence-electron chi connectivity index (χ0n) is 16.0. The summed E-state index contributed by atoms with van der Waals surface area (Å²) in [5.74, 6) is 0.704. The van der Waals surface area contributed by atoms with Gasteiger partial charge in [0, 0.05) is 23.4 Å². The number of thioether (sulfide) groups is 1. The highest BCUT2D eigenvalue weighted by atomic mass is 35.5. The van der Waals surface area contributed by atoms with Gasteiger partial charge in [0.1, 0.15) is 0 Å². The van der Waals surface area contributed by atoms with Crippen LogP contribution >= 0.6 is 36.6 Å². The van der Waals surface area contributed by atoms with Crippen LogP contribution in [0.15, 0.2) is 53.7 Å². The number of nitrogens with one attached hydrogen (secondary N) is 2. The number of benzene rings is 2. The molecule has 1 fully saturated rings. The third kappa shape index (κ3) is 5.89. The average molecular weight is 453 g/mol. The van der Waals surface area contributed by atoms with E-state index in [1.165, 1.54) is 0 Å². The minimum absolute atomic E-state index is 0. The Morgan fingerprint density at radius 1 is 1.07 bits per heavy atom. The molecule has 156 valence electrons. The molecule has 1 amide bonds. The molecule has 29 heavy (non-hydrogen) atoms. The smallest absolute Gasteiger partial charge is 0.251 e. The second-order valence-corrected chi connectivity index (χ2v) is 8.05. The van der Waals surface area contributed by atoms with Crippen LogP contribution < -0.4 is 11.1 Å². The van der Waals surface area contributed by atoms with Crippen LogP contribution in [-0.2, 0) is 5.75 Å². The topological polar surface area (TPSA) is 83.8 Å². The second kappa shape index (κ2) is 10.9. The van der Waals surface area contributed by atoms with Crippen LogP contribution in [0.5, 0.6) is 0 Å². The first-order valence-corrected chi connectivity index (χ1v) is 10.4. The van der Waals surface area contributed by atoms with E-state index in [4.69, 9.17) is 5.73 Å². The van der Waals surface area contributed by atoms with Crippen molar-refractivity contribution in [3.05, 3.63) is 59.7 Å². The summed E-state index contributed by atoms with van der Waals surface area (Å²) >= 11 is 1.61. The molecule has 5 nitrogen and oxygen atoms in total. The van der Waals surface area contributed by atoms with Gasteiger partial charge in [0.05, 0.1) is 11.0 Å². The summed E-state index contributed by atoms with van der Waals surface area (Å²) in [5, 5.41) is 4.06. The van der Waals surface area contributed by atoms with Gasteiger partial charge in [0.25, 0.3) is 5.91 Å². The van der Waals surface area contributed by atoms with Crippen molar-refractivity contribution in [1.29, 1.82) is 0 Å². The fourth-order valence-corrected chi connectivity index (χ4v) is 4.43. The zero-order chi connectivity index (χ0) is 18.6. The Hall–Kier alpha value is -1.73. The Balaban J connectivity index is 0.00000150. The third-order valence-corrected chi connectivity index (χ3v) is 6.02. The fraction of sp³-hybridized carbons (Fsp3) is 0.333. The summed E-state index contributed by atoms with van der Waals surface area (Å²) in [6, 6.07) is 16.3. The largest absolute Gasteiger partial charge is 0.349 e. The van der Waals surface area contributed by atoms with Crippen LogP contribution in [0.25, 0.3) is 11.0 Å². The number of nitrogens with zero attached hydrogens (tertiary/aromatic N) is 1. The van der Waals surface area contributed by atoms with E-state index in [-0.39, 0.29) is 42.8 Å². The second-order valence-electron chi connectivity index (χ2n) is 7.09. The molecule has 0 saturated heterocycles. The zero-order valence-corrected chi connectivity index (χ0v) is 18.4. The number of imidazole rings is 1. The van der Waals surface area contributed by atoms with E-state index < -0.39 is 0 Å². The van der Waals surface area contributed by atoms with Gasteiger partial charge in [0.15, 0.2) is 5.16 Å². The number of para-hydroxylation sites is 2. The quantitative estimate of drug-likeness (QED) is 0.489. The number of rotatable bonds is 5. The molecule has 1 aliphatic rings. The van der Waals surface area contributed by atoms with Crippen LogP contribution in [0.3, 0.4) is 0 Å². The molecule has 1 aliphatic carbocycles. The summed E-state index contributed by atoms with van der Waals surface area (Å²) < 4.78 is 0. The molecule has 0 atom stereocenters. The molecule has 4 N–H and O–H groups in total. The lowest BCUT2D eigenvalue weighted by Gasteiger charge is -2.27. The van der Waals surface area contributed by atoms with Gasteiger partial charge in [-0.05, 0) is 49.4 Å². The van der Waals surface area contributed by atoms with Gasteiger partial charge in [-0.15, -0.1) is 24.8 Å². The number of carbonyl (C=O) groups is 1. The number of nitrogens with two attached hydrogens (primary N) is 1. The average Bonchev–Trinajstić information content (AvgIpc) is 3.11. The van der Waals surface area contributed by atoms with Crippen molar-refractivity contribution in [2.24, 2.45) is 5.73 Å². The molecule has 0 aliphatic heterocycles. The molecular formula is C21H26Cl2N4OS. The molecule has 1 saturated carbocycles. The Morgan fingerprint density at radius 3 is 2.52 bits per heavy atom. The van der Waals surface area contributed by atoms with Crippen molar-refractivity contribution < 1.29 is 4.79 Å². The lowest BCUT2D eigenvalue weighted by Crippen LogP contribution is -2.40. The van der Waals surface area contributed by atoms with Gasteiger partial charge in [0.2, 0.25) is 0 Å². The molecule has 0 unspecified atom stereocenters. The van der Waals surface area contributed by atoms with Gasteiger partial charge in [-0.3, -0.25) is 4.79 Å². The minimum atomic E-state index is 0. The number of H-pyrrole nitrogens is 1. The highest BCUT2D eigenvalue weighted by Crippen LogP contribution is 2.25. The van der Waals surface area contributed by atoms with E-state index in [1.807, 2.05) is 48.5 Å². The highest BCUT2D eigenvalue weighted by molar-refractivity contribution is 7.98. The van der Waals surface area contributed by atoms with Gasteiger partial charge in [-0.1, -0.05) is 42.1 Å². The maximum atomic E-state index is 12.8. The lowest BCUT2D eigenvalue weighted by atomic mass is 9.91. The van der Waals surface area contributed by atoms with Crippen LogP contribution in [0.4, 0.5) is 0 Å². The first kappa shape index (κ1) is 23.5. The van der Waals surface area contributed by atoms with Crippen molar-refractivity contribution in [2.45, 2.75) is 48.7 Å². The first-order valence-electron chi connectivity index (χ1n) is 9.41. The number of halogens is 2. The first-order chi connectivity index (χ1) is 13.2. The van der Waals surface area contributed by atoms with Crippen LogP contribution in [0.1, 0.15) is 41.6 Å². The predicted molar refractivity (Wildman–Crippen MR) is 124 cm³/mol. The number of carbonyl (C=O) groups excluding carboxylic acids is 1. The maximum Gasteiger partial charge on any atom is 0.251 e. The summed E-state index contributed by atoms with van der Waals surface area (Å²) in [5.41, 5.74) is 9.72. The molecule has 8 heteroatoms. The normalized spacial score (nSPS) is 18.5.